The van der Waals surface area contributed by atoms with E-state index in [1.807, 2.05) is 56.4 Å². The number of hydrogen-bond donors (Lipinski definition) is 2. The van der Waals surface area contributed by atoms with Gasteiger partial charge in [0.05, 0.1) is 0 Å². The van der Waals surface area contributed by atoms with Crippen molar-refractivity contribution >= 4 is 46.6 Å². The largest absolute Gasteiger partial charge is 0.323 e. The molecule has 18 heavy (non-hydrogen) atoms. The van der Waals surface area contributed by atoms with E-state index in [1.54, 1.807) is 0 Å². The van der Waals surface area contributed by atoms with Crippen molar-refractivity contribution in [3.05, 3.63) is 53.0 Å². The van der Waals surface area contributed by atoms with E-state index < -0.39 is 0 Å². The zero-order valence-corrected chi connectivity index (χ0v) is 11.5. The summed E-state index contributed by atoms with van der Waals surface area (Å²) in [6.45, 7) is 0. The number of halogens is 1. The van der Waals surface area contributed by atoms with Crippen molar-refractivity contribution in [1.82, 2.24) is 0 Å². The van der Waals surface area contributed by atoms with Crippen LogP contribution in [-0.2, 0) is 0 Å². The van der Waals surface area contributed by atoms with Gasteiger partial charge in [0.25, 0.3) is 0 Å². The maximum Gasteiger partial charge on any atom is 0.323 e. The summed E-state index contributed by atoms with van der Waals surface area (Å²) in [6.07, 6.45) is 0. The van der Waals surface area contributed by atoms with Gasteiger partial charge < -0.3 is 10.6 Å². The number of rotatable bonds is 2. The van der Waals surface area contributed by atoms with Crippen LogP contribution in [0.2, 0.25) is 0 Å². The molecule has 0 aliphatic heterocycles. The number of hydrogen-bond acceptors (Lipinski definition) is 1. The normalized spacial score (nSPS) is 9.83. The summed E-state index contributed by atoms with van der Waals surface area (Å²) >= 11 is 3.36. The Morgan fingerprint density at radius 2 is 1.61 bits per heavy atom. The lowest BCUT2D eigenvalue weighted by Gasteiger charge is -2.08. The van der Waals surface area contributed by atoms with Crippen molar-refractivity contribution in [2.24, 2.45) is 0 Å². The lowest BCUT2D eigenvalue weighted by Crippen LogP contribution is -2.20. The number of anilines is 2. The molecule has 0 aromatic heterocycles. The van der Waals surface area contributed by atoms with Crippen molar-refractivity contribution in [3.63, 3.8) is 0 Å². The lowest BCUT2D eigenvalue weighted by molar-refractivity contribution is 0.262. The molecule has 3 nitrogen and oxygen atoms in total. The Bertz CT molecular complexity index is 525. The Hall–Kier alpha value is -1.75. The van der Waals surface area contributed by atoms with Crippen LogP contribution in [-0.4, -0.2) is 13.9 Å². The fourth-order valence-corrected chi connectivity index (χ4v) is 1.98. The van der Waals surface area contributed by atoms with E-state index in [9.17, 15) is 4.79 Å². The molecule has 0 unspecified atom stereocenters. The Kier molecular flexibility index (Phi) is 4.05. The number of carbonyl (C=O) groups excluding carboxylic acids is 1. The van der Waals surface area contributed by atoms with Gasteiger partial charge in [0.15, 0.2) is 0 Å². The second kappa shape index (κ2) is 5.73. The average molecular weight is 303 g/mol. The van der Waals surface area contributed by atoms with Gasteiger partial charge >= 0.3 is 6.03 Å². The second-order valence-corrected chi connectivity index (χ2v) is 4.87. The topological polar surface area (TPSA) is 41.1 Å². The molecule has 5 heteroatoms. The summed E-state index contributed by atoms with van der Waals surface area (Å²) in [4.78, 5) is 11.8. The SMILES string of the molecule is Bc1cccc(NC(=O)Nc2cccc(Br)c2)c1. The van der Waals surface area contributed by atoms with E-state index in [1.165, 1.54) is 0 Å². The van der Waals surface area contributed by atoms with Crippen LogP contribution in [0.4, 0.5) is 16.2 Å². The molecule has 0 bridgehead atoms. The molecule has 2 aromatic rings. The average Bonchev–Trinajstić information content (AvgIpc) is 2.28. The van der Waals surface area contributed by atoms with Crippen molar-refractivity contribution in [2.75, 3.05) is 10.6 Å². The van der Waals surface area contributed by atoms with Crippen LogP contribution >= 0.6 is 15.9 Å². The molecule has 2 N–H and O–H groups in total. The quantitative estimate of drug-likeness (QED) is 0.822. The summed E-state index contributed by atoms with van der Waals surface area (Å²) in [5.74, 6) is 0. The van der Waals surface area contributed by atoms with E-state index in [-0.39, 0.29) is 6.03 Å². The van der Waals surface area contributed by atoms with Crippen LogP contribution in [0.25, 0.3) is 0 Å². The van der Waals surface area contributed by atoms with Gasteiger partial charge in [-0.25, -0.2) is 4.79 Å². The summed E-state index contributed by atoms with van der Waals surface area (Å²) in [7, 11) is 1.98. The van der Waals surface area contributed by atoms with Gasteiger partial charge in [-0.3, -0.25) is 0 Å². The molecule has 0 saturated carbocycles. The molecule has 0 heterocycles. The van der Waals surface area contributed by atoms with Crippen LogP contribution < -0.4 is 16.1 Å². The zero-order chi connectivity index (χ0) is 13.0. The van der Waals surface area contributed by atoms with E-state index in [0.717, 1.165) is 21.3 Å². The van der Waals surface area contributed by atoms with Gasteiger partial charge in [-0.2, -0.15) is 0 Å². The molecule has 0 atom stereocenters. The molecule has 2 aromatic carbocycles. The first kappa shape index (κ1) is 12.7. The molecule has 0 saturated heterocycles. The number of nitrogens with one attached hydrogen (secondary N) is 2. The minimum atomic E-state index is -0.251. The third-order valence-corrected chi connectivity index (χ3v) is 2.85. The number of carbonyl (C=O) groups is 1. The standard InChI is InChI=1S/C13H12BBrN2O/c14-9-3-1-5-11(7-9)16-13(18)17-12-6-2-4-10(15)8-12/h1-8H,14H2,(H2,16,17,18). The fourth-order valence-electron chi connectivity index (χ4n) is 1.58. The lowest BCUT2D eigenvalue weighted by atomic mass is 9.96. The number of amides is 2. The molecule has 2 amide bonds. The van der Waals surface area contributed by atoms with Crippen LogP contribution in [0.5, 0.6) is 0 Å². The molecule has 90 valence electrons. The highest BCUT2D eigenvalue weighted by Crippen LogP contribution is 2.15. The minimum absolute atomic E-state index is 0.251. The summed E-state index contributed by atoms with van der Waals surface area (Å²) in [6, 6.07) is 14.9. The first-order valence-corrected chi connectivity index (χ1v) is 6.33. The van der Waals surface area contributed by atoms with Gasteiger partial charge in [0.1, 0.15) is 7.85 Å². The second-order valence-electron chi connectivity index (χ2n) is 3.96. The molecular formula is C13H12BBrN2O. The molecule has 0 spiro atoms. The molecule has 0 aliphatic rings. The molecular weight excluding hydrogens is 291 g/mol. The van der Waals surface area contributed by atoms with Crippen molar-refractivity contribution in [3.8, 4) is 0 Å². The predicted molar refractivity (Wildman–Crippen MR) is 81.4 cm³/mol. The van der Waals surface area contributed by atoms with Gasteiger partial charge in [-0.05, 0) is 30.3 Å². The molecule has 2 rings (SSSR count). The highest BCUT2D eigenvalue weighted by molar-refractivity contribution is 9.10. The van der Waals surface area contributed by atoms with Gasteiger partial charge in [-0.15, -0.1) is 0 Å². The highest BCUT2D eigenvalue weighted by Gasteiger charge is 2.02. The maximum absolute atomic E-state index is 11.8. The number of benzene rings is 2. The smallest absolute Gasteiger partial charge is 0.308 e. The van der Waals surface area contributed by atoms with Gasteiger partial charge in [-0.1, -0.05) is 39.6 Å². The maximum atomic E-state index is 11.8. The predicted octanol–water partition coefficient (Wildman–Crippen LogP) is 2.35. The number of urea groups is 1. The van der Waals surface area contributed by atoms with Crippen LogP contribution in [0, 0.1) is 0 Å². The zero-order valence-electron chi connectivity index (χ0n) is 9.91. The van der Waals surface area contributed by atoms with E-state index in [4.69, 9.17) is 0 Å². The Morgan fingerprint density at radius 1 is 1.00 bits per heavy atom. The summed E-state index contributed by atoms with van der Waals surface area (Å²) in [5.41, 5.74) is 2.63. The van der Waals surface area contributed by atoms with Crippen molar-refractivity contribution < 1.29 is 4.79 Å². The van der Waals surface area contributed by atoms with Crippen molar-refractivity contribution in [2.45, 2.75) is 0 Å². The highest BCUT2D eigenvalue weighted by atomic mass is 79.9. The monoisotopic (exact) mass is 302 g/mol. The Morgan fingerprint density at radius 3 is 2.22 bits per heavy atom. The van der Waals surface area contributed by atoms with Gasteiger partial charge in [0, 0.05) is 15.8 Å². The first-order chi connectivity index (χ1) is 8.63. The van der Waals surface area contributed by atoms with E-state index in [0.29, 0.717) is 0 Å². The Labute approximate surface area is 115 Å². The van der Waals surface area contributed by atoms with Crippen LogP contribution in [0.1, 0.15) is 0 Å². The van der Waals surface area contributed by atoms with Gasteiger partial charge in [0.2, 0.25) is 0 Å². The van der Waals surface area contributed by atoms with E-state index in [2.05, 4.69) is 26.6 Å². The Balaban J connectivity index is 2.01. The fraction of sp³-hybridized carbons (Fsp3) is 0. The molecule has 0 fully saturated rings. The van der Waals surface area contributed by atoms with Crippen molar-refractivity contribution in [1.29, 1.82) is 0 Å². The molecule has 0 radical (unpaired) electrons. The third-order valence-electron chi connectivity index (χ3n) is 2.36. The molecule has 0 aliphatic carbocycles. The first-order valence-electron chi connectivity index (χ1n) is 5.54. The van der Waals surface area contributed by atoms with Crippen LogP contribution in [0.15, 0.2) is 53.0 Å². The third kappa shape index (κ3) is 3.63. The summed E-state index contributed by atoms with van der Waals surface area (Å²) < 4.78 is 0.927. The van der Waals surface area contributed by atoms with Crippen LogP contribution in [0.3, 0.4) is 0 Å². The summed E-state index contributed by atoms with van der Waals surface area (Å²) in [5, 5.41) is 5.56. The van der Waals surface area contributed by atoms with E-state index >= 15 is 0 Å². The minimum Gasteiger partial charge on any atom is -0.308 e.